The average molecular weight is 413 g/mol. The van der Waals surface area contributed by atoms with Gasteiger partial charge in [-0.2, -0.15) is 5.10 Å². The number of amidine groups is 1. The third-order valence-electron chi connectivity index (χ3n) is 5.04. The van der Waals surface area contributed by atoms with Crippen molar-refractivity contribution >= 4 is 40.1 Å². The van der Waals surface area contributed by atoms with Gasteiger partial charge < -0.3 is 10.6 Å². The highest BCUT2D eigenvalue weighted by Gasteiger charge is 2.32. The number of rotatable bonds is 4. The lowest BCUT2D eigenvalue weighted by Crippen LogP contribution is -2.28. The average Bonchev–Trinajstić information content (AvgIpc) is 2.94. The second-order valence-corrected chi connectivity index (χ2v) is 9.84. The number of nitrogens with one attached hydrogen (secondary N) is 2. The second-order valence-electron chi connectivity index (χ2n) is 8.65. The maximum Gasteiger partial charge on any atom is 0.240 e. The molecule has 0 aromatic heterocycles. The van der Waals surface area contributed by atoms with Crippen LogP contribution in [0.2, 0.25) is 0 Å². The Balaban J connectivity index is 1.60. The van der Waals surface area contributed by atoms with Crippen molar-refractivity contribution in [2.75, 3.05) is 5.32 Å². The Labute approximate surface area is 176 Å². The summed E-state index contributed by atoms with van der Waals surface area (Å²) in [6.45, 7) is 10.5. The lowest BCUT2D eigenvalue weighted by Gasteiger charge is -2.28. The molecular weight excluding hydrogens is 384 g/mol. The van der Waals surface area contributed by atoms with Crippen molar-refractivity contribution in [3.05, 3.63) is 41.0 Å². The molecule has 1 atom stereocenters. The van der Waals surface area contributed by atoms with Crippen molar-refractivity contribution in [1.29, 1.82) is 0 Å². The van der Waals surface area contributed by atoms with Crippen molar-refractivity contribution in [3.8, 4) is 0 Å². The van der Waals surface area contributed by atoms with Gasteiger partial charge in [-0.3, -0.25) is 9.59 Å². The molecule has 0 unspecified atom stereocenters. The first-order valence-electron chi connectivity index (χ1n) is 9.78. The Bertz CT molecular complexity index is 931. The van der Waals surface area contributed by atoms with Crippen LogP contribution in [0.5, 0.6) is 0 Å². The van der Waals surface area contributed by atoms with Gasteiger partial charge in [0.1, 0.15) is 5.25 Å². The van der Waals surface area contributed by atoms with Gasteiger partial charge in [-0.05, 0) is 68.4 Å². The molecule has 0 saturated carbocycles. The Morgan fingerprint density at radius 3 is 2.66 bits per heavy atom. The Morgan fingerprint density at radius 2 is 1.97 bits per heavy atom. The van der Waals surface area contributed by atoms with Gasteiger partial charge in [0.15, 0.2) is 5.17 Å². The molecular formula is C22H28N4O2S. The summed E-state index contributed by atoms with van der Waals surface area (Å²) in [4.78, 5) is 24.6. The van der Waals surface area contributed by atoms with E-state index in [0.717, 1.165) is 29.8 Å². The molecule has 1 aromatic carbocycles. The maximum absolute atomic E-state index is 12.4. The van der Waals surface area contributed by atoms with Gasteiger partial charge in [-0.1, -0.05) is 37.2 Å². The minimum Gasteiger partial charge on any atom is -0.326 e. The van der Waals surface area contributed by atoms with E-state index in [-0.39, 0.29) is 23.7 Å². The summed E-state index contributed by atoms with van der Waals surface area (Å²) in [7, 11) is 0. The maximum atomic E-state index is 12.4. The first-order chi connectivity index (χ1) is 13.6. The third kappa shape index (κ3) is 5.79. The Kier molecular flexibility index (Phi) is 6.27. The first-order valence-corrected chi connectivity index (χ1v) is 10.7. The minimum atomic E-state index is -0.499. The fourth-order valence-electron chi connectivity index (χ4n) is 3.65. The molecule has 1 aliphatic heterocycles. The first kappa shape index (κ1) is 21.3. The number of hydrogen-bond donors (Lipinski definition) is 2. The standard InChI is InChI=1S/C22H28N4O2S/c1-13-8-17(12-22(4,5)11-13)25-26-21-24-20(28)18(29-21)10-19(27)23-16-7-6-14(2)15(3)9-16/h6-9,18H,10-12H2,1-5H3,(H,23,27)(H,24,26,28)/b25-17-/t18-/m1/s1. The summed E-state index contributed by atoms with van der Waals surface area (Å²) in [5, 5.41) is 14.1. The number of anilines is 1. The van der Waals surface area contributed by atoms with Crippen LogP contribution in [-0.4, -0.2) is 27.9 Å². The molecule has 2 N–H and O–H groups in total. The summed E-state index contributed by atoms with van der Waals surface area (Å²) in [6.07, 6.45) is 4.05. The van der Waals surface area contributed by atoms with Crippen LogP contribution in [0.3, 0.4) is 0 Å². The van der Waals surface area contributed by atoms with Gasteiger partial charge in [-0.25, -0.2) is 0 Å². The zero-order chi connectivity index (χ0) is 21.2. The van der Waals surface area contributed by atoms with E-state index in [0.29, 0.717) is 5.17 Å². The van der Waals surface area contributed by atoms with Crippen molar-refractivity contribution in [1.82, 2.24) is 5.32 Å². The predicted octanol–water partition coefficient (Wildman–Crippen LogP) is 4.34. The number of nitrogens with zero attached hydrogens (tertiary/aromatic N) is 2. The van der Waals surface area contributed by atoms with Crippen molar-refractivity contribution in [2.45, 2.75) is 59.1 Å². The number of amides is 2. The van der Waals surface area contributed by atoms with E-state index < -0.39 is 5.25 Å². The molecule has 1 fully saturated rings. The van der Waals surface area contributed by atoms with Gasteiger partial charge in [0.05, 0.1) is 5.71 Å². The van der Waals surface area contributed by atoms with Crippen LogP contribution in [0.1, 0.15) is 51.2 Å². The minimum absolute atomic E-state index is 0.0884. The van der Waals surface area contributed by atoms with E-state index in [1.807, 2.05) is 32.0 Å². The second kappa shape index (κ2) is 8.53. The lowest BCUT2D eigenvalue weighted by atomic mass is 9.77. The van der Waals surface area contributed by atoms with Crippen LogP contribution in [0, 0.1) is 19.3 Å². The van der Waals surface area contributed by atoms with E-state index >= 15 is 0 Å². The molecule has 0 spiro atoms. The summed E-state index contributed by atoms with van der Waals surface area (Å²) in [5.41, 5.74) is 5.38. The predicted molar refractivity (Wildman–Crippen MR) is 120 cm³/mol. The van der Waals surface area contributed by atoms with Gasteiger partial charge in [0.25, 0.3) is 0 Å². The normalized spacial score (nSPS) is 23.8. The van der Waals surface area contributed by atoms with Gasteiger partial charge in [-0.15, -0.1) is 5.10 Å². The molecule has 29 heavy (non-hydrogen) atoms. The molecule has 6 nitrogen and oxygen atoms in total. The zero-order valence-electron chi connectivity index (χ0n) is 17.6. The van der Waals surface area contributed by atoms with E-state index in [1.165, 1.54) is 22.9 Å². The summed E-state index contributed by atoms with van der Waals surface area (Å²) in [5.74, 6) is -0.402. The zero-order valence-corrected chi connectivity index (χ0v) is 18.4. The molecule has 1 saturated heterocycles. The van der Waals surface area contributed by atoms with Gasteiger partial charge in [0.2, 0.25) is 11.8 Å². The monoisotopic (exact) mass is 412 g/mol. The summed E-state index contributed by atoms with van der Waals surface area (Å²) >= 11 is 1.25. The molecule has 0 radical (unpaired) electrons. The molecule has 7 heteroatoms. The van der Waals surface area contributed by atoms with Gasteiger partial charge >= 0.3 is 0 Å². The Morgan fingerprint density at radius 1 is 1.21 bits per heavy atom. The van der Waals surface area contributed by atoms with Crippen LogP contribution in [-0.2, 0) is 9.59 Å². The number of thioether (sulfide) groups is 1. The molecule has 2 amide bonds. The number of carbonyl (C=O) groups is 2. The number of aryl methyl sites for hydroxylation is 2. The molecule has 1 heterocycles. The molecule has 1 aliphatic carbocycles. The summed E-state index contributed by atoms with van der Waals surface area (Å²) in [6, 6.07) is 5.76. The Hall–Kier alpha value is -2.41. The largest absolute Gasteiger partial charge is 0.326 e. The molecule has 3 rings (SSSR count). The van der Waals surface area contributed by atoms with Crippen molar-refractivity contribution in [3.63, 3.8) is 0 Å². The van der Waals surface area contributed by atoms with Crippen LogP contribution in [0.25, 0.3) is 0 Å². The van der Waals surface area contributed by atoms with Crippen LogP contribution in [0.4, 0.5) is 5.69 Å². The lowest BCUT2D eigenvalue weighted by molar-refractivity contribution is -0.122. The number of allylic oxidation sites excluding steroid dienone is 2. The fourth-order valence-corrected chi connectivity index (χ4v) is 4.57. The highest BCUT2D eigenvalue weighted by molar-refractivity contribution is 8.15. The molecule has 1 aromatic rings. The van der Waals surface area contributed by atoms with Crippen molar-refractivity contribution < 1.29 is 9.59 Å². The quantitative estimate of drug-likeness (QED) is 0.722. The van der Waals surface area contributed by atoms with Crippen LogP contribution in [0.15, 0.2) is 40.1 Å². The topological polar surface area (TPSA) is 82.9 Å². The molecule has 0 bridgehead atoms. The SMILES string of the molecule is CC1=C/C(=N/N=C2\NC(=O)[C@@H](CC(=O)Nc3ccc(C)c(C)c3)S2)CC(C)(C)C1. The number of carbonyl (C=O) groups excluding carboxylic acids is 2. The highest BCUT2D eigenvalue weighted by atomic mass is 32.2. The number of hydrogen-bond acceptors (Lipinski definition) is 5. The van der Waals surface area contributed by atoms with E-state index in [2.05, 4.69) is 47.7 Å². The van der Waals surface area contributed by atoms with Crippen LogP contribution >= 0.6 is 11.8 Å². The number of benzene rings is 1. The third-order valence-corrected chi connectivity index (χ3v) is 6.11. The molecule has 154 valence electrons. The van der Waals surface area contributed by atoms with Gasteiger partial charge in [0, 0.05) is 12.1 Å². The van der Waals surface area contributed by atoms with Crippen molar-refractivity contribution in [2.24, 2.45) is 15.6 Å². The highest BCUT2D eigenvalue weighted by Crippen LogP contribution is 2.34. The summed E-state index contributed by atoms with van der Waals surface area (Å²) < 4.78 is 0. The fraction of sp³-hybridized carbons (Fsp3) is 0.455. The smallest absolute Gasteiger partial charge is 0.240 e. The molecule has 2 aliphatic rings. The van der Waals surface area contributed by atoms with E-state index in [9.17, 15) is 9.59 Å². The van der Waals surface area contributed by atoms with E-state index in [4.69, 9.17) is 0 Å². The van der Waals surface area contributed by atoms with E-state index in [1.54, 1.807) is 0 Å². The van der Waals surface area contributed by atoms with Crippen LogP contribution < -0.4 is 10.6 Å².